The first-order chi connectivity index (χ1) is 15.3. The Morgan fingerprint density at radius 1 is 1.12 bits per heavy atom. The number of aromatic nitrogens is 4. The summed E-state index contributed by atoms with van der Waals surface area (Å²) in [6.07, 6.45) is 1.32. The molecule has 0 atom stereocenters. The van der Waals surface area contributed by atoms with Crippen molar-refractivity contribution in [1.29, 1.82) is 0 Å². The SMILES string of the molecule is Cn1c(=O)n(CC(=O)NCc2ccccc2F)c(=O)c2cnc(-c3ccc(Cl)cc3)nc21. The van der Waals surface area contributed by atoms with E-state index in [2.05, 4.69) is 15.3 Å². The molecule has 0 saturated carbocycles. The average molecular weight is 454 g/mol. The summed E-state index contributed by atoms with van der Waals surface area (Å²) in [5, 5.41) is 3.16. The van der Waals surface area contributed by atoms with Crippen LogP contribution in [0.4, 0.5) is 4.39 Å². The number of fused-ring (bicyclic) bond motifs is 1. The average Bonchev–Trinajstić information content (AvgIpc) is 2.80. The van der Waals surface area contributed by atoms with Gasteiger partial charge in [-0.3, -0.25) is 18.7 Å². The summed E-state index contributed by atoms with van der Waals surface area (Å²) >= 11 is 5.90. The van der Waals surface area contributed by atoms with Gasteiger partial charge in [-0.1, -0.05) is 29.8 Å². The van der Waals surface area contributed by atoms with Crippen LogP contribution in [0.5, 0.6) is 0 Å². The van der Waals surface area contributed by atoms with E-state index in [1.165, 1.54) is 29.9 Å². The van der Waals surface area contributed by atoms with Crippen molar-refractivity contribution >= 4 is 28.5 Å². The Bertz CT molecular complexity index is 1450. The fraction of sp³-hybridized carbons (Fsp3) is 0.136. The minimum atomic E-state index is -0.704. The molecule has 162 valence electrons. The number of halogens is 2. The van der Waals surface area contributed by atoms with Gasteiger partial charge in [0, 0.05) is 35.9 Å². The number of nitrogens with zero attached hydrogens (tertiary/aromatic N) is 4. The Balaban J connectivity index is 1.64. The second kappa shape index (κ2) is 8.72. The highest BCUT2D eigenvalue weighted by Gasteiger charge is 2.16. The Labute approximate surface area is 185 Å². The number of carbonyl (C=O) groups excluding carboxylic acids is 1. The summed E-state index contributed by atoms with van der Waals surface area (Å²) in [6.45, 7) is -0.587. The molecule has 0 aliphatic rings. The zero-order valence-electron chi connectivity index (χ0n) is 16.9. The summed E-state index contributed by atoms with van der Waals surface area (Å²) in [5.41, 5.74) is -0.290. The van der Waals surface area contributed by atoms with Gasteiger partial charge in [-0.25, -0.2) is 19.2 Å². The zero-order valence-corrected chi connectivity index (χ0v) is 17.6. The third-order valence-corrected chi connectivity index (χ3v) is 5.17. The van der Waals surface area contributed by atoms with Crippen molar-refractivity contribution in [1.82, 2.24) is 24.4 Å². The second-order valence-electron chi connectivity index (χ2n) is 7.04. The van der Waals surface area contributed by atoms with E-state index >= 15 is 0 Å². The zero-order chi connectivity index (χ0) is 22.8. The molecule has 4 rings (SSSR count). The predicted octanol–water partition coefficient (Wildman–Crippen LogP) is 2.27. The van der Waals surface area contributed by atoms with Crippen LogP contribution < -0.4 is 16.6 Å². The van der Waals surface area contributed by atoms with Crippen LogP contribution in [0.3, 0.4) is 0 Å². The smallest absolute Gasteiger partial charge is 0.332 e. The first-order valence-electron chi connectivity index (χ1n) is 9.58. The molecule has 2 aromatic heterocycles. The number of hydrogen-bond acceptors (Lipinski definition) is 5. The molecule has 1 N–H and O–H groups in total. The maximum absolute atomic E-state index is 13.7. The summed E-state index contributed by atoms with van der Waals surface area (Å²) < 4.78 is 15.7. The van der Waals surface area contributed by atoms with Crippen molar-refractivity contribution in [2.75, 3.05) is 0 Å². The monoisotopic (exact) mass is 453 g/mol. The molecular weight excluding hydrogens is 437 g/mol. The van der Waals surface area contributed by atoms with Crippen molar-refractivity contribution in [2.24, 2.45) is 7.05 Å². The lowest BCUT2D eigenvalue weighted by atomic mass is 10.2. The highest BCUT2D eigenvalue weighted by atomic mass is 35.5. The van der Waals surface area contributed by atoms with Crippen LogP contribution in [-0.4, -0.2) is 25.0 Å². The van der Waals surface area contributed by atoms with E-state index in [0.717, 1.165) is 4.57 Å². The van der Waals surface area contributed by atoms with Gasteiger partial charge in [-0.2, -0.15) is 0 Å². The van der Waals surface area contributed by atoms with E-state index in [1.54, 1.807) is 36.4 Å². The van der Waals surface area contributed by atoms with Crippen LogP contribution >= 0.6 is 11.6 Å². The molecule has 0 saturated heterocycles. The van der Waals surface area contributed by atoms with E-state index in [-0.39, 0.29) is 17.6 Å². The normalized spacial score (nSPS) is 11.0. The van der Waals surface area contributed by atoms with Gasteiger partial charge in [0.2, 0.25) is 5.91 Å². The Morgan fingerprint density at radius 3 is 2.56 bits per heavy atom. The van der Waals surface area contributed by atoms with Gasteiger partial charge in [0.25, 0.3) is 5.56 Å². The molecule has 2 heterocycles. The summed E-state index contributed by atoms with van der Waals surface area (Å²) in [7, 11) is 1.45. The van der Waals surface area contributed by atoms with Crippen LogP contribution in [0.25, 0.3) is 22.4 Å². The Hall–Kier alpha value is -3.85. The molecule has 32 heavy (non-hydrogen) atoms. The molecule has 0 aliphatic heterocycles. The van der Waals surface area contributed by atoms with Gasteiger partial charge < -0.3 is 5.32 Å². The maximum atomic E-state index is 13.7. The van der Waals surface area contributed by atoms with Crippen molar-refractivity contribution in [3.05, 3.63) is 92.0 Å². The van der Waals surface area contributed by atoms with E-state index in [1.807, 2.05) is 0 Å². The van der Waals surface area contributed by atoms with Gasteiger partial charge in [0.1, 0.15) is 17.7 Å². The standard InChI is InChI=1S/C22H17ClFN5O3/c1-28-20-16(11-26-19(27-20)13-6-8-15(23)9-7-13)21(31)29(22(28)32)12-18(30)25-10-14-4-2-3-5-17(14)24/h2-9,11H,10,12H2,1H3,(H,25,30). The number of nitrogens with one attached hydrogen (secondary N) is 1. The lowest BCUT2D eigenvalue weighted by Gasteiger charge is -2.11. The van der Waals surface area contributed by atoms with E-state index in [4.69, 9.17) is 11.6 Å². The van der Waals surface area contributed by atoms with Crippen molar-refractivity contribution < 1.29 is 9.18 Å². The predicted molar refractivity (Wildman–Crippen MR) is 118 cm³/mol. The van der Waals surface area contributed by atoms with E-state index in [0.29, 0.717) is 22.0 Å². The molecule has 8 nitrogen and oxygen atoms in total. The topological polar surface area (TPSA) is 98.9 Å². The molecule has 0 bridgehead atoms. The first kappa shape index (κ1) is 21.4. The van der Waals surface area contributed by atoms with Crippen LogP contribution in [0.1, 0.15) is 5.56 Å². The van der Waals surface area contributed by atoms with E-state index in [9.17, 15) is 18.8 Å². The molecule has 0 fully saturated rings. The lowest BCUT2D eigenvalue weighted by molar-refractivity contribution is -0.121. The molecule has 0 radical (unpaired) electrons. The molecule has 4 aromatic rings. The highest BCUT2D eigenvalue weighted by molar-refractivity contribution is 6.30. The van der Waals surface area contributed by atoms with Crippen LogP contribution in [0.2, 0.25) is 5.02 Å². The first-order valence-corrected chi connectivity index (χ1v) is 9.95. The number of rotatable bonds is 5. The second-order valence-corrected chi connectivity index (χ2v) is 7.48. The Morgan fingerprint density at radius 2 is 1.84 bits per heavy atom. The number of aryl methyl sites for hydroxylation is 1. The minimum absolute atomic E-state index is 0.0677. The number of hydrogen-bond donors (Lipinski definition) is 1. The van der Waals surface area contributed by atoms with Crippen LogP contribution in [0, 0.1) is 5.82 Å². The summed E-state index contributed by atoms with van der Waals surface area (Å²) in [6, 6.07) is 12.8. The minimum Gasteiger partial charge on any atom is -0.350 e. The van der Waals surface area contributed by atoms with Gasteiger partial charge >= 0.3 is 5.69 Å². The molecule has 2 aromatic carbocycles. The third kappa shape index (κ3) is 4.15. The van der Waals surface area contributed by atoms with Crippen molar-refractivity contribution in [2.45, 2.75) is 13.1 Å². The molecular formula is C22H17ClFN5O3. The molecule has 1 amide bonds. The highest BCUT2D eigenvalue weighted by Crippen LogP contribution is 2.19. The molecule has 0 spiro atoms. The lowest BCUT2D eigenvalue weighted by Crippen LogP contribution is -2.43. The fourth-order valence-corrected chi connectivity index (χ4v) is 3.32. The van der Waals surface area contributed by atoms with Gasteiger partial charge in [-0.05, 0) is 30.3 Å². The quantitative estimate of drug-likeness (QED) is 0.500. The summed E-state index contributed by atoms with van der Waals surface area (Å²) in [4.78, 5) is 46.5. The van der Waals surface area contributed by atoms with Crippen molar-refractivity contribution in [3.8, 4) is 11.4 Å². The van der Waals surface area contributed by atoms with Crippen molar-refractivity contribution in [3.63, 3.8) is 0 Å². The largest absolute Gasteiger partial charge is 0.350 e. The maximum Gasteiger partial charge on any atom is 0.332 e. The Kier molecular flexibility index (Phi) is 5.83. The summed E-state index contributed by atoms with van der Waals surface area (Å²) in [5.74, 6) is -0.741. The number of amides is 1. The fourth-order valence-electron chi connectivity index (χ4n) is 3.20. The van der Waals surface area contributed by atoms with Gasteiger partial charge in [-0.15, -0.1) is 0 Å². The van der Waals surface area contributed by atoms with Gasteiger partial charge in [0.05, 0.1) is 0 Å². The van der Waals surface area contributed by atoms with Crippen LogP contribution in [-0.2, 0) is 24.9 Å². The van der Waals surface area contributed by atoms with Crippen LogP contribution in [0.15, 0.2) is 64.3 Å². The third-order valence-electron chi connectivity index (χ3n) is 4.92. The number of benzene rings is 2. The molecule has 0 aliphatic carbocycles. The molecule has 10 heteroatoms. The molecule has 0 unspecified atom stereocenters. The van der Waals surface area contributed by atoms with Gasteiger partial charge in [0.15, 0.2) is 11.5 Å². The number of carbonyl (C=O) groups is 1. The van der Waals surface area contributed by atoms with E-state index < -0.39 is 29.5 Å².